The van der Waals surface area contributed by atoms with Crippen LogP contribution >= 0.6 is 0 Å². The molecule has 2 heterocycles. The second-order valence-corrected chi connectivity index (χ2v) is 9.53. The van der Waals surface area contributed by atoms with Crippen molar-refractivity contribution < 1.29 is 22.7 Å². The quantitative estimate of drug-likeness (QED) is 0.631. The highest BCUT2D eigenvalue weighted by Crippen LogP contribution is 2.32. The molecule has 4 rings (SSSR count). The van der Waals surface area contributed by atoms with Crippen LogP contribution < -0.4 is 14.8 Å². The Hall–Kier alpha value is -3.33. The Morgan fingerprint density at radius 3 is 2.52 bits per heavy atom. The molecule has 1 amide bonds. The smallest absolute Gasteiger partial charge is 0.276 e. The summed E-state index contributed by atoms with van der Waals surface area (Å²) in [5.41, 5.74) is 2.20. The first-order valence-electron chi connectivity index (χ1n) is 9.79. The summed E-state index contributed by atoms with van der Waals surface area (Å²) >= 11 is 0. The minimum absolute atomic E-state index is 0.0132. The van der Waals surface area contributed by atoms with Crippen LogP contribution in [0.25, 0.3) is 11.3 Å². The number of hydrogen-bond donors (Lipinski definition) is 1. The number of ether oxygens (including phenoxy) is 2. The van der Waals surface area contributed by atoms with Crippen molar-refractivity contribution in [1.82, 2.24) is 9.78 Å². The van der Waals surface area contributed by atoms with Crippen LogP contribution in [0.2, 0.25) is 0 Å². The molecule has 31 heavy (non-hydrogen) atoms. The van der Waals surface area contributed by atoms with Crippen molar-refractivity contribution in [2.45, 2.75) is 12.5 Å². The largest absolute Gasteiger partial charge is 0.497 e. The zero-order valence-corrected chi connectivity index (χ0v) is 18.1. The Labute approximate surface area is 180 Å². The maximum absolute atomic E-state index is 13.0. The fourth-order valence-corrected chi connectivity index (χ4v) is 5.37. The number of hydrogen-bond acceptors (Lipinski definition) is 6. The minimum atomic E-state index is -3.11. The fourth-order valence-electron chi connectivity index (χ4n) is 3.67. The number of carbonyl (C=O) groups is 1. The summed E-state index contributed by atoms with van der Waals surface area (Å²) < 4.78 is 36.3. The van der Waals surface area contributed by atoms with Crippen LogP contribution in [0.3, 0.4) is 0 Å². The molecule has 0 aliphatic carbocycles. The van der Waals surface area contributed by atoms with Gasteiger partial charge in [0.1, 0.15) is 11.5 Å². The van der Waals surface area contributed by atoms with E-state index in [1.165, 1.54) is 14.2 Å². The Kier molecular flexibility index (Phi) is 5.69. The van der Waals surface area contributed by atoms with Gasteiger partial charge in [0, 0.05) is 6.07 Å². The first kappa shape index (κ1) is 20.9. The predicted molar refractivity (Wildman–Crippen MR) is 117 cm³/mol. The van der Waals surface area contributed by atoms with Crippen molar-refractivity contribution >= 4 is 21.4 Å². The van der Waals surface area contributed by atoms with Crippen molar-refractivity contribution in [3.63, 3.8) is 0 Å². The molecule has 8 nitrogen and oxygen atoms in total. The summed E-state index contributed by atoms with van der Waals surface area (Å²) in [6.45, 7) is 0. The molecule has 3 aromatic rings. The van der Waals surface area contributed by atoms with E-state index in [1.54, 1.807) is 28.9 Å². The van der Waals surface area contributed by atoms with Crippen molar-refractivity contribution in [2.24, 2.45) is 0 Å². The zero-order chi connectivity index (χ0) is 22.0. The van der Waals surface area contributed by atoms with Gasteiger partial charge in [-0.1, -0.05) is 30.3 Å². The average molecular weight is 442 g/mol. The normalized spacial score (nSPS) is 17.3. The fraction of sp³-hybridized carbons (Fsp3) is 0.273. The van der Waals surface area contributed by atoms with Crippen molar-refractivity contribution in [1.29, 1.82) is 0 Å². The summed E-state index contributed by atoms with van der Waals surface area (Å²) in [5, 5.41) is 7.31. The molecule has 1 N–H and O–H groups in total. The van der Waals surface area contributed by atoms with Gasteiger partial charge in [-0.3, -0.25) is 9.48 Å². The van der Waals surface area contributed by atoms with Crippen LogP contribution in [0, 0.1) is 0 Å². The van der Waals surface area contributed by atoms with Crippen LogP contribution in [0.5, 0.6) is 11.5 Å². The molecule has 1 aliphatic rings. The van der Waals surface area contributed by atoms with Crippen molar-refractivity contribution in [3.8, 4) is 22.8 Å². The number of sulfone groups is 1. The molecule has 0 bridgehead atoms. The van der Waals surface area contributed by atoms with Gasteiger partial charge in [-0.2, -0.15) is 5.10 Å². The maximum atomic E-state index is 13.0. The number of amides is 1. The minimum Gasteiger partial charge on any atom is -0.497 e. The Morgan fingerprint density at radius 2 is 1.87 bits per heavy atom. The van der Waals surface area contributed by atoms with E-state index in [9.17, 15) is 13.2 Å². The molecule has 1 unspecified atom stereocenters. The summed E-state index contributed by atoms with van der Waals surface area (Å²) in [5.74, 6) is 0.762. The third kappa shape index (κ3) is 4.41. The number of aromatic nitrogens is 2. The van der Waals surface area contributed by atoms with Crippen molar-refractivity contribution in [2.75, 3.05) is 31.0 Å². The van der Waals surface area contributed by atoms with E-state index in [-0.39, 0.29) is 23.2 Å². The van der Waals surface area contributed by atoms with Crippen LogP contribution in [0.4, 0.5) is 5.69 Å². The molecule has 9 heteroatoms. The monoisotopic (exact) mass is 441 g/mol. The summed E-state index contributed by atoms with van der Waals surface area (Å²) in [6.07, 6.45) is 0.467. The van der Waals surface area contributed by atoms with Crippen molar-refractivity contribution in [3.05, 3.63) is 60.3 Å². The third-order valence-corrected chi connectivity index (χ3v) is 7.00. The average Bonchev–Trinajstić information content (AvgIpc) is 3.37. The lowest BCUT2D eigenvalue weighted by atomic mass is 10.1. The molecule has 0 spiro atoms. The van der Waals surface area contributed by atoms with Crippen LogP contribution in [-0.2, 0) is 9.84 Å². The molecular weight excluding hydrogens is 418 g/mol. The van der Waals surface area contributed by atoms with E-state index < -0.39 is 15.7 Å². The number of nitrogens with one attached hydrogen (secondary N) is 1. The van der Waals surface area contributed by atoms with E-state index >= 15 is 0 Å². The molecule has 1 aromatic heterocycles. The molecule has 1 aliphatic heterocycles. The zero-order valence-electron chi connectivity index (χ0n) is 17.2. The lowest BCUT2D eigenvalue weighted by molar-refractivity contribution is 0.102. The second kappa shape index (κ2) is 8.43. The van der Waals surface area contributed by atoms with Crippen LogP contribution in [-0.4, -0.2) is 49.8 Å². The van der Waals surface area contributed by atoms with Gasteiger partial charge in [-0.25, -0.2) is 8.42 Å². The van der Waals surface area contributed by atoms with Gasteiger partial charge >= 0.3 is 0 Å². The maximum Gasteiger partial charge on any atom is 0.276 e. The number of rotatable bonds is 6. The first-order chi connectivity index (χ1) is 14.9. The predicted octanol–water partition coefficient (Wildman–Crippen LogP) is 3.18. The molecular formula is C22H23N3O5S. The first-order valence-corrected chi connectivity index (χ1v) is 11.6. The molecule has 1 atom stereocenters. The van der Waals surface area contributed by atoms with E-state index in [0.29, 0.717) is 29.3 Å². The standard InChI is InChI=1S/C22H23N3O5S/c1-29-17-8-9-21(30-2)18(12-17)23-22(26)19-13-20(15-6-4-3-5-7-15)25(24-19)16-10-11-31(27,28)14-16/h3-9,12-13,16H,10-11,14H2,1-2H3,(H,23,26). The van der Waals surface area contributed by atoms with Gasteiger partial charge in [-0.15, -0.1) is 0 Å². The molecule has 2 aromatic carbocycles. The summed E-state index contributed by atoms with van der Waals surface area (Å²) in [7, 11) is -0.0579. The van der Waals surface area contributed by atoms with E-state index in [2.05, 4.69) is 10.4 Å². The number of methoxy groups -OCH3 is 2. The lowest BCUT2D eigenvalue weighted by Gasteiger charge is -2.13. The number of benzene rings is 2. The molecule has 1 fully saturated rings. The van der Waals surface area contributed by atoms with Gasteiger partial charge < -0.3 is 14.8 Å². The molecule has 162 valence electrons. The van der Waals surface area contributed by atoms with Crippen LogP contribution in [0.1, 0.15) is 23.0 Å². The van der Waals surface area contributed by atoms with Crippen LogP contribution in [0.15, 0.2) is 54.6 Å². The summed E-state index contributed by atoms with van der Waals surface area (Å²) in [4.78, 5) is 13.0. The number of carbonyl (C=O) groups excluding carboxylic acids is 1. The highest BCUT2D eigenvalue weighted by Gasteiger charge is 2.32. The van der Waals surface area contributed by atoms with Gasteiger partial charge in [0.15, 0.2) is 15.5 Å². The third-order valence-electron chi connectivity index (χ3n) is 5.25. The summed E-state index contributed by atoms with van der Waals surface area (Å²) in [6, 6.07) is 16.0. The van der Waals surface area contributed by atoms with Gasteiger partial charge in [-0.05, 0) is 30.2 Å². The Balaban J connectivity index is 1.70. The SMILES string of the molecule is COc1ccc(OC)c(NC(=O)c2cc(-c3ccccc3)n(C3CCS(=O)(=O)C3)n2)c1. The van der Waals surface area contributed by atoms with Gasteiger partial charge in [0.2, 0.25) is 0 Å². The van der Waals surface area contributed by atoms with Gasteiger partial charge in [0.25, 0.3) is 5.91 Å². The topological polar surface area (TPSA) is 99.5 Å². The molecule has 1 saturated heterocycles. The van der Waals surface area contributed by atoms with E-state index in [0.717, 1.165) is 5.56 Å². The van der Waals surface area contributed by atoms with E-state index in [1.807, 2.05) is 30.3 Å². The van der Waals surface area contributed by atoms with Gasteiger partial charge in [0.05, 0.1) is 43.1 Å². The molecule has 0 saturated carbocycles. The van der Waals surface area contributed by atoms with E-state index in [4.69, 9.17) is 9.47 Å². The number of nitrogens with zero attached hydrogens (tertiary/aromatic N) is 2. The highest BCUT2D eigenvalue weighted by atomic mass is 32.2. The Bertz CT molecular complexity index is 1210. The lowest BCUT2D eigenvalue weighted by Crippen LogP contribution is -2.17. The second-order valence-electron chi connectivity index (χ2n) is 7.30. The Morgan fingerprint density at radius 1 is 1.10 bits per heavy atom. The number of anilines is 1. The molecule has 0 radical (unpaired) electrons. The highest BCUT2D eigenvalue weighted by molar-refractivity contribution is 7.91.